The van der Waals surface area contributed by atoms with Crippen LogP contribution in [0.4, 0.5) is 15.8 Å². The second kappa shape index (κ2) is 8.53. The van der Waals surface area contributed by atoms with Crippen LogP contribution in [-0.4, -0.2) is 57.5 Å². The fourth-order valence-electron chi connectivity index (χ4n) is 4.58. The monoisotopic (exact) mass is 463 g/mol. The van der Waals surface area contributed by atoms with Crippen LogP contribution in [0.1, 0.15) is 29.9 Å². The molecule has 176 valence electrons. The molecule has 2 atom stereocenters. The number of amides is 1. The number of methoxy groups -OCH3 is 1. The molecule has 1 aliphatic heterocycles. The Labute approximate surface area is 196 Å². The molecule has 0 radical (unpaired) electrons. The summed E-state index contributed by atoms with van der Waals surface area (Å²) in [6.45, 7) is 7.65. The Kier molecular flexibility index (Phi) is 5.52. The molecule has 2 unspecified atom stereocenters. The third-order valence-corrected chi connectivity index (χ3v) is 5.89. The van der Waals surface area contributed by atoms with Gasteiger partial charge >= 0.3 is 0 Å². The van der Waals surface area contributed by atoms with E-state index in [1.165, 1.54) is 19.4 Å². The molecule has 0 aliphatic carbocycles. The van der Waals surface area contributed by atoms with Crippen LogP contribution in [0.3, 0.4) is 0 Å². The van der Waals surface area contributed by atoms with Gasteiger partial charge in [0, 0.05) is 43.6 Å². The summed E-state index contributed by atoms with van der Waals surface area (Å²) in [7, 11) is 1.53. The first-order valence-corrected chi connectivity index (χ1v) is 11.1. The zero-order chi connectivity index (χ0) is 24.0. The maximum atomic E-state index is 14.5. The van der Waals surface area contributed by atoms with Gasteiger partial charge in [-0.3, -0.25) is 4.79 Å². The van der Waals surface area contributed by atoms with E-state index in [-0.39, 0.29) is 5.65 Å². The number of hydrogen-bond acceptors (Lipinski definition) is 7. The number of halogens is 1. The van der Waals surface area contributed by atoms with Crippen molar-refractivity contribution < 1.29 is 13.9 Å². The summed E-state index contributed by atoms with van der Waals surface area (Å²) in [6, 6.07) is 5.49. The highest BCUT2D eigenvalue weighted by Crippen LogP contribution is 2.30. The molecule has 1 aromatic carbocycles. The van der Waals surface area contributed by atoms with Gasteiger partial charge in [-0.2, -0.15) is 0 Å². The Morgan fingerprint density at radius 1 is 1.18 bits per heavy atom. The second-order valence-electron chi connectivity index (χ2n) is 8.76. The first-order chi connectivity index (χ1) is 16.3. The minimum Gasteiger partial charge on any atom is -0.480 e. The molecule has 0 bridgehead atoms. The summed E-state index contributed by atoms with van der Waals surface area (Å²) >= 11 is 0. The largest absolute Gasteiger partial charge is 0.480 e. The lowest BCUT2D eigenvalue weighted by atomic mass is 10.1. The third-order valence-electron chi connectivity index (χ3n) is 5.89. The zero-order valence-corrected chi connectivity index (χ0v) is 19.5. The molecule has 1 fully saturated rings. The molecule has 0 spiro atoms. The first-order valence-electron chi connectivity index (χ1n) is 11.1. The number of ether oxygens (including phenoxy) is 1. The summed E-state index contributed by atoms with van der Waals surface area (Å²) in [6.07, 6.45) is 4.82. The lowest BCUT2D eigenvalue weighted by molar-refractivity contribution is 0.102. The van der Waals surface area contributed by atoms with Crippen molar-refractivity contribution in [2.45, 2.75) is 32.9 Å². The smallest absolute Gasteiger partial charge is 0.257 e. The number of carbonyl (C=O) groups excluding carboxylic acids is 1. The number of rotatable bonds is 4. The van der Waals surface area contributed by atoms with E-state index in [0.29, 0.717) is 45.9 Å². The van der Waals surface area contributed by atoms with E-state index < -0.39 is 11.7 Å². The van der Waals surface area contributed by atoms with Gasteiger partial charge in [0.25, 0.3) is 5.91 Å². The van der Waals surface area contributed by atoms with Gasteiger partial charge in [0.1, 0.15) is 11.0 Å². The van der Waals surface area contributed by atoms with Crippen LogP contribution >= 0.6 is 0 Å². The Morgan fingerprint density at radius 2 is 1.94 bits per heavy atom. The van der Waals surface area contributed by atoms with Crippen LogP contribution in [0.25, 0.3) is 16.7 Å². The number of anilines is 2. The molecule has 9 nitrogen and oxygen atoms in total. The normalized spacial score (nSPS) is 18.4. The van der Waals surface area contributed by atoms with Crippen molar-refractivity contribution >= 4 is 34.0 Å². The van der Waals surface area contributed by atoms with Crippen molar-refractivity contribution in [1.82, 2.24) is 24.7 Å². The van der Waals surface area contributed by atoms with E-state index in [1.54, 1.807) is 29.8 Å². The standard InChI is InChI=1S/C24H26FN7O2/c1-13-9-31(10-14(2)27-13)19-6-5-17(21-22(19)30-20(34-4)8-26-21)24(33)29-16-7-18(25)23-28-15(3)11-32(23)12-16/h5-8,11-14,27H,9-10H2,1-4H3,(H,29,33). The van der Waals surface area contributed by atoms with Crippen molar-refractivity contribution in [3.8, 4) is 5.88 Å². The summed E-state index contributed by atoms with van der Waals surface area (Å²) in [5.74, 6) is -0.559. The van der Waals surface area contributed by atoms with E-state index in [1.807, 2.05) is 6.07 Å². The highest BCUT2D eigenvalue weighted by Gasteiger charge is 2.25. The Morgan fingerprint density at radius 3 is 2.68 bits per heavy atom. The first kappa shape index (κ1) is 22.0. The number of aryl methyl sites for hydroxylation is 1. The van der Waals surface area contributed by atoms with Crippen LogP contribution in [-0.2, 0) is 0 Å². The maximum absolute atomic E-state index is 14.5. The van der Waals surface area contributed by atoms with E-state index >= 15 is 0 Å². The van der Waals surface area contributed by atoms with Crippen molar-refractivity contribution in [2.24, 2.45) is 0 Å². The molecule has 0 saturated carbocycles. The van der Waals surface area contributed by atoms with E-state index in [2.05, 4.69) is 44.3 Å². The molecule has 1 saturated heterocycles. The van der Waals surface area contributed by atoms with E-state index in [4.69, 9.17) is 4.74 Å². The summed E-state index contributed by atoms with van der Waals surface area (Å²) in [5.41, 5.74) is 3.48. The van der Waals surface area contributed by atoms with Crippen molar-refractivity contribution in [2.75, 3.05) is 30.4 Å². The Hall–Kier alpha value is -3.79. The number of benzene rings is 1. The Bertz CT molecular complexity index is 1390. The van der Waals surface area contributed by atoms with Gasteiger partial charge in [0.15, 0.2) is 11.5 Å². The van der Waals surface area contributed by atoms with Crippen LogP contribution in [0.15, 0.2) is 36.8 Å². The molecule has 1 amide bonds. The van der Waals surface area contributed by atoms with Crippen molar-refractivity contribution in [3.05, 3.63) is 53.9 Å². The van der Waals surface area contributed by atoms with Crippen LogP contribution in [0.5, 0.6) is 5.88 Å². The number of carbonyl (C=O) groups is 1. The van der Waals surface area contributed by atoms with Crippen LogP contribution < -0.4 is 20.3 Å². The van der Waals surface area contributed by atoms with Crippen molar-refractivity contribution in [3.63, 3.8) is 0 Å². The van der Waals surface area contributed by atoms with Gasteiger partial charge in [-0.25, -0.2) is 19.3 Å². The minimum atomic E-state index is -0.516. The van der Waals surface area contributed by atoms with E-state index in [0.717, 1.165) is 18.8 Å². The molecule has 10 heteroatoms. The predicted molar refractivity (Wildman–Crippen MR) is 128 cm³/mol. The van der Waals surface area contributed by atoms with Crippen molar-refractivity contribution in [1.29, 1.82) is 0 Å². The summed E-state index contributed by atoms with van der Waals surface area (Å²) < 4.78 is 21.3. The minimum absolute atomic E-state index is 0.211. The van der Waals surface area contributed by atoms with Crippen LogP contribution in [0, 0.1) is 12.7 Å². The second-order valence-corrected chi connectivity index (χ2v) is 8.76. The lowest BCUT2D eigenvalue weighted by Crippen LogP contribution is -2.54. The molecule has 4 aromatic rings. The molecule has 1 aliphatic rings. The van der Waals surface area contributed by atoms with Gasteiger partial charge in [-0.05, 0) is 32.9 Å². The Balaban J connectivity index is 1.54. The SMILES string of the molecule is COc1cnc2c(C(=O)Nc3cc(F)c4nc(C)cn4c3)ccc(N3CC(C)NC(C)C3)c2n1. The molecule has 2 N–H and O–H groups in total. The van der Waals surface area contributed by atoms with Gasteiger partial charge in [0.05, 0.1) is 35.9 Å². The quantitative estimate of drug-likeness (QED) is 0.480. The number of aromatic nitrogens is 4. The number of hydrogen-bond donors (Lipinski definition) is 2. The summed E-state index contributed by atoms with van der Waals surface area (Å²) in [5, 5.41) is 6.31. The molecular weight excluding hydrogens is 437 g/mol. The highest BCUT2D eigenvalue weighted by molar-refractivity contribution is 6.13. The van der Waals surface area contributed by atoms with Gasteiger partial charge in [0.2, 0.25) is 5.88 Å². The average Bonchev–Trinajstić information content (AvgIpc) is 3.18. The number of fused-ring (bicyclic) bond motifs is 2. The molecule has 34 heavy (non-hydrogen) atoms. The number of imidazole rings is 1. The fourth-order valence-corrected chi connectivity index (χ4v) is 4.58. The average molecular weight is 464 g/mol. The number of nitrogens with one attached hydrogen (secondary N) is 2. The number of piperazine rings is 1. The lowest BCUT2D eigenvalue weighted by Gasteiger charge is -2.38. The molecule has 4 heterocycles. The maximum Gasteiger partial charge on any atom is 0.257 e. The van der Waals surface area contributed by atoms with Crippen LogP contribution in [0.2, 0.25) is 0 Å². The number of pyridine rings is 1. The third kappa shape index (κ3) is 4.01. The molecular formula is C24H26FN7O2. The van der Waals surface area contributed by atoms with Gasteiger partial charge < -0.3 is 24.7 Å². The highest BCUT2D eigenvalue weighted by atomic mass is 19.1. The molecule has 5 rings (SSSR count). The van der Waals surface area contributed by atoms with Gasteiger partial charge in [-0.15, -0.1) is 0 Å². The number of nitrogens with zero attached hydrogens (tertiary/aromatic N) is 5. The fraction of sp³-hybridized carbons (Fsp3) is 0.333. The topological polar surface area (TPSA) is 96.7 Å². The molecule has 3 aromatic heterocycles. The summed E-state index contributed by atoms with van der Waals surface area (Å²) in [4.78, 5) is 28.8. The van der Waals surface area contributed by atoms with E-state index in [9.17, 15) is 9.18 Å². The predicted octanol–water partition coefficient (Wildman–Crippen LogP) is 3.17. The van der Waals surface area contributed by atoms with Gasteiger partial charge in [-0.1, -0.05) is 0 Å². The zero-order valence-electron chi connectivity index (χ0n) is 19.5.